The Morgan fingerprint density at radius 3 is 2.81 bits per heavy atom. The zero-order valence-corrected chi connectivity index (χ0v) is 10.3. The van der Waals surface area contributed by atoms with Crippen LogP contribution in [0.3, 0.4) is 0 Å². The minimum atomic E-state index is -0.754. The van der Waals surface area contributed by atoms with Crippen LogP contribution in [0.2, 0.25) is 0 Å². The van der Waals surface area contributed by atoms with Gasteiger partial charge in [-0.15, -0.1) is 11.8 Å². The van der Waals surface area contributed by atoms with Gasteiger partial charge >= 0.3 is 5.97 Å². The van der Waals surface area contributed by atoms with E-state index in [2.05, 4.69) is 0 Å². The number of rotatable bonds is 6. The van der Waals surface area contributed by atoms with Crippen LogP contribution < -0.4 is 4.74 Å². The van der Waals surface area contributed by atoms with Gasteiger partial charge in [0.2, 0.25) is 0 Å². The first-order valence-corrected chi connectivity index (χ1v) is 6.20. The Kier molecular flexibility index (Phi) is 5.19. The molecule has 4 heteroatoms. The van der Waals surface area contributed by atoms with Gasteiger partial charge in [-0.2, -0.15) is 0 Å². The summed E-state index contributed by atoms with van der Waals surface area (Å²) in [5, 5.41) is 8.53. The molecule has 0 radical (unpaired) electrons. The third-order valence-electron chi connectivity index (χ3n) is 2.03. The number of aryl methyl sites for hydroxylation is 1. The molecule has 0 spiro atoms. The molecular weight excluding hydrogens is 224 g/mol. The lowest BCUT2D eigenvalue weighted by molar-refractivity contribution is -0.136. The van der Waals surface area contributed by atoms with Crippen molar-refractivity contribution in [3.63, 3.8) is 0 Å². The summed E-state index contributed by atoms with van der Waals surface area (Å²) in [6.45, 7) is 4.60. The summed E-state index contributed by atoms with van der Waals surface area (Å²) >= 11 is 1.55. The van der Waals surface area contributed by atoms with Crippen LogP contribution in [-0.4, -0.2) is 23.4 Å². The van der Waals surface area contributed by atoms with Crippen molar-refractivity contribution in [3.05, 3.63) is 23.8 Å². The van der Waals surface area contributed by atoms with Gasteiger partial charge in [0.05, 0.1) is 13.0 Å². The maximum absolute atomic E-state index is 10.4. The van der Waals surface area contributed by atoms with Crippen molar-refractivity contribution in [1.29, 1.82) is 0 Å². The molecule has 0 atom stereocenters. The van der Waals surface area contributed by atoms with Crippen molar-refractivity contribution < 1.29 is 14.6 Å². The van der Waals surface area contributed by atoms with Crippen molar-refractivity contribution >= 4 is 17.7 Å². The molecule has 0 saturated heterocycles. The molecule has 88 valence electrons. The third kappa shape index (κ3) is 4.14. The molecule has 0 fully saturated rings. The molecule has 1 N–H and O–H groups in total. The SMILES string of the molecule is CCOc1ccc(SCCC(=O)O)cc1C. The average molecular weight is 240 g/mol. The predicted octanol–water partition coefficient (Wildman–Crippen LogP) is 2.96. The quantitative estimate of drug-likeness (QED) is 0.776. The van der Waals surface area contributed by atoms with Gasteiger partial charge in [-0.1, -0.05) is 0 Å². The maximum atomic E-state index is 10.4. The number of hydrogen-bond acceptors (Lipinski definition) is 3. The molecule has 0 aliphatic carbocycles. The average Bonchev–Trinajstić information content (AvgIpc) is 2.21. The Bertz CT molecular complexity index is 363. The zero-order valence-electron chi connectivity index (χ0n) is 9.53. The number of aliphatic carboxylic acids is 1. The number of thioether (sulfide) groups is 1. The van der Waals surface area contributed by atoms with Crippen molar-refractivity contribution in [3.8, 4) is 5.75 Å². The van der Waals surface area contributed by atoms with Gasteiger partial charge in [0.15, 0.2) is 0 Å². The molecule has 1 aromatic rings. The fourth-order valence-corrected chi connectivity index (χ4v) is 2.22. The highest BCUT2D eigenvalue weighted by atomic mass is 32.2. The first-order chi connectivity index (χ1) is 7.63. The molecule has 1 rings (SSSR count). The van der Waals surface area contributed by atoms with E-state index in [1.165, 1.54) is 0 Å². The van der Waals surface area contributed by atoms with Gasteiger partial charge in [-0.25, -0.2) is 0 Å². The normalized spacial score (nSPS) is 10.1. The molecule has 0 aliphatic rings. The minimum absolute atomic E-state index is 0.191. The molecule has 0 aliphatic heterocycles. The Morgan fingerprint density at radius 2 is 2.25 bits per heavy atom. The summed E-state index contributed by atoms with van der Waals surface area (Å²) in [6, 6.07) is 5.92. The van der Waals surface area contributed by atoms with Gasteiger partial charge in [-0.05, 0) is 37.6 Å². The fraction of sp³-hybridized carbons (Fsp3) is 0.417. The number of carboxylic acids is 1. The lowest BCUT2D eigenvalue weighted by Gasteiger charge is -2.08. The van der Waals surface area contributed by atoms with Gasteiger partial charge in [-0.3, -0.25) is 4.79 Å². The van der Waals surface area contributed by atoms with E-state index in [1.54, 1.807) is 11.8 Å². The first kappa shape index (κ1) is 12.9. The van der Waals surface area contributed by atoms with Crippen molar-refractivity contribution in [2.75, 3.05) is 12.4 Å². The fourth-order valence-electron chi connectivity index (χ4n) is 1.29. The van der Waals surface area contributed by atoms with Crippen LogP contribution in [0.1, 0.15) is 18.9 Å². The summed E-state index contributed by atoms with van der Waals surface area (Å²) < 4.78 is 5.43. The smallest absolute Gasteiger partial charge is 0.304 e. The van der Waals surface area contributed by atoms with Crippen molar-refractivity contribution in [1.82, 2.24) is 0 Å². The molecule has 0 saturated carbocycles. The molecule has 0 bridgehead atoms. The number of ether oxygens (including phenoxy) is 1. The second-order valence-electron chi connectivity index (χ2n) is 3.35. The molecular formula is C12H16O3S. The molecule has 0 aromatic heterocycles. The highest BCUT2D eigenvalue weighted by Crippen LogP contribution is 2.25. The number of carboxylic acid groups (broad SMARTS) is 1. The largest absolute Gasteiger partial charge is 0.494 e. The van der Waals surface area contributed by atoms with Crippen LogP contribution in [0.15, 0.2) is 23.1 Å². The van der Waals surface area contributed by atoms with E-state index in [1.807, 2.05) is 32.0 Å². The third-order valence-corrected chi connectivity index (χ3v) is 3.03. The summed E-state index contributed by atoms with van der Waals surface area (Å²) in [5.41, 5.74) is 1.09. The number of carbonyl (C=O) groups is 1. The molecule has 16 heavy (non-hydrogen) atoms. The van der Waals surface area contributed by atoms with Gasteiger partial charge in [0.25, 0.3) is 0 Å². The minimum Gasteiger partial charge on any atom is -0.494 e. The topological polar surface area (TPSA) is 46.5 Å². The van der Waals surface area contributed by atoms with E-state index in [9.17, 15) is 4.79 Å². The summed E-state index contributed by atoms with van der Waals surface area (Å²) in [7, 11) is 0. The van der Waals surface area contributed by atoms with Gasteiger partial charge in [0, 0.05) is 10.6 Å². The lowest BCUT2D eigenvalue weighted by atomic mass is 10.2. The van der Waals surface area contributed by atoms with E-state index >= 15 is 0 Å². The Morgan fingerprint density at radius 1 is 1.50 bits per heavy atom. The van der Waals surface area contributed by atoms with Crippen molar-refractivity contribution in [2.24, 2.45) is 0 Å². The summed E-state index contributed by atoms with van der Waals surface area (Å²) in [5.74, 6) is 0.739. The van der Waals surface area contributed by atoms with Crippen LogP contribution in [-0.2, 0) is 4.79 Å². The second kappa shape index (κ2) is 6.43. The summed E-state index contributed by atoms with van der Waals surface area (Å²) in [6.07, 6.45) is 0.191. The highest BCUT2D eigenvalue weighted by molar-refractivity contribution is 7.99. The maximum Gasteiger partial charge on any atom is 0.304 e. The van der Waals surface area contributed by atoms with Crippen molar-refractivity contribution in [2.45, 2.75) is 25.2 Å². The molecule has 0 heterocycles. The molecule has 0 unspecified atom stereocenters. The van der Waals surface area contributed by atoms with E-state index in [4.69, 9.17) is 9.84 Å². The lowest BCUT2D eigenvalue weighted by Crippen LogP contribution is -1.96. The van der Waals surface area contributed by atoms with E-state index < -0.39 is 5.97 Å². The predicted molar refractivity (Wildman–Crippen MR) is 65.3 cm³/mol. The van der Waals surface area contributed by atoms with Gasteiger partial charge in [0.1, 0.15) is 5.75 Å². The van der Waals surface area contributed by atoms with Crippen LogP contribution in [0, 0.1) is 6.92 Å². The second-order valence-corrected chi connectivity index (χ2v) is 4.52. The van der Waals surface area contributed by atoms with Crippen LogP contribution in [0.25, 0.3) is 0 Å². The Balaban J connectivity index is 2.55. The zero-order chi connectivity index (χ0) is 12.0. The monoisotopic (exact) mass is 240 g/mol. The van der Waals surface area contributed by atoms with E-state index in [-0.39, 0.29) is 6.42 Å². The van der Waals surface area contributed by atoms with Crippen LogP contribution >= 0.6 is 11.8 Å². The number of hydrogen-bond donors (Lipinski definition) is 1. The van der Waals surface area contributed by atoms with Crippen LogP contribution in [0.5, 0.6) is 5.75 Å². The Hall–Kier alpha value is -1.16. The molecule has 0 amide bonds. The van der Waals surface area contributed by atoms with Crippen LogP contribution in [0.4, 0.5) is 0 Å². The number of benzene rings is 1. The van der Waals surface area contributed by atoms with E-state index in [0.717, 1.165) is 16.2 Å². The first-order valence-electron chi connectivity index (χ1n) is 5.21. The Labute approximate surface area is 99.8 Å². The summed E-state index contributed by atoms with van der Waals surface area (Å²) in [4.78, 5) is 11.4. The molecule has 1 aromatic carbocycles. The van der Waals surface area contributed by atoms with Gasteiger partial charge < -0.3 is 9.84 Å². The molecule has 3 nitrogen and oxygen atoms in total. The van der Waals surface area contributed by atoms with E-state index in [0.29, 0.717) is 12.4 Å². The standard InChI is InChI=1S/C12H16O3S/c1-3-15-11-5-4-10(8-9(11)2)16-7-6-12(13)14/h4-5,8H,3,6-7H2,1-2H3,(H,13,14). The highest BCUT2D eigenvalue weighted by Gasteiger charge is 2.02.